The molecule has 1 aliphatic rings. The minimum atomic E-state index is 0.158. The van der Waals surface area contributed by atoms with Crippen molar-refractivity contribution in [3.8, 4) is 6.07 Å². The second-order valence-electron chi connectivity index (χ2n) is 3.85. The first kappa shape index (κ1) is 10.5. The van der Waals surface area contributed by atoms with Crippen LogP contribution in [-0.4, -0.2) is 23.5 Å². The van der Waals surface area contributed by atoms with E-state index < -0.39 is 0 Å². The zero-order valence-electron chi connectivity index (χ0n) is 8.79. The Morgan fingerprint density at radius 1 is 1.46 bits per heavy atom. The van der Waals surface area contributed by atoms with Crippen LogP contribution in [0.4, 0.5) is 0 Å². The molecule has 0 bridgehead atoms. The van der Waals surface area contributed by atoms with E-state index in [9.17, 15) is 0 Å². The van der Waals surface area contributed by atoms with E-state index in [1.807, 2.05) is 0 Å². The SMILES string of the molecule is CCC(C#N)N1CCCCC1CC. The Kier molecular flexibility index (Phi) is 4.24. The summed E-state index contributed by atoms with van der Waals surface area (Å²) < 4.78 is 0. The van der Waals surface area contributed by atoms with Crippen LogP contribution in [0.15, 0.2) is 0 Å². The minimum Gasteiger partial charge on any atom is -0.285 e. The lowest BCUT2D eigenvalue weighted by Gasteiger charge is -2.37. The Hall–Kier alpha value is -0.550. The number of piperidine rings is 1. The van der Waals surface area contributed by atoms with Gasteiger partial charge >= 0.3 is 0 Å². The van der Waals surface area contributed by atoms with Gasteiger partial charge in [0.25, 0.3) is 0 Å². The first-order valence-electron chi connectivity index (χ1n) is 5.48. The van der Waals surface area contributed by atoms with Gasteiger partial charge in [-0.25, -0.2) is 0 Å². The predicted molar refractivity (Wildman–Crippen MR) is 54.3 cm³/mol. The molecule has 0 aromatic carbocycles. The first-order chi connectivity index (χ1) is 6.33. The smallest absolute Gasteiger partial charge is 0.0977 e. The molecule has 2 unspecified atom stereocenters. The van der Waals surface area contributed by atoms with Gasteiger partial charge in [0.15, 0.2) is 0 Å². The summed E-state index contributed by atoms with van der Waals surface area (Å²) in [7, 11) is 0. The molecule has 0 aliphatic carbocycles. The van der Waals surface area contributed by atoms with Gasteiger partial charge in [-0.2, -0.15) is 5.26 Å². The highest BCUT2D eigenvalue weighted by molar-refractivity contribution is 4.94. The lowest BCUT2D eigenvalue weighted by Crippen LogP contribution is -2.45. The Morgan fingerprint density at radius 2 is 2.23 bits per heavy atom. The maximum Gasteiger partial charge on any atom is 0.0977 e. The van der Waals surface area contributed by atoms with E-state index in [0.717, 1.165) is 13.0 Å². The van der Waals surface area contributed by atoms with Crippen molar-refractivity contribution in [1.29, 1.82) is 5.26 Å². The molecular weight excluding hydrogens is 160 g/mol. The van der Waals surface area contributed by atoms with Crippen LogP contribution in [0, 0.1) is 11.3 Å². The molecule has 0 N–H and O–H groups in total. The number of nitrogens with zero attached hydrogens (tertiary/aromatic N) is 2. The van der Waals surface area contributed by atoms with Crippen LogP contribution >= 0.6 is 0 Å². The summed E-state index contributed by atoms with van der Waals surface area (Å²) in [5, 5.41) is 9.00. The third-order valence-electron chi connectivity index (χ3n) is 3.08. The number of hydrogen-bond donors (Lipinski definition) is 0. The molecule has 2 atom stereocenters. The van der Waals surface area contributed by atoms with Crippen molar-refractivity contribution in [3.63, 3.8) is 0 Å². The second kappa shape index (κ2) is 5.24. The van der Waals surface area contributed by atoms with Gasteiger partial charge < -0.3 is 0 Å². The number of rotatable bonds is 3. The van der Waals surface area contributed by atoms with Gasteiger partial charge in [-0.05, 0) is 32.2 Å². The van der Waals surface area contributed by atoms with Crippen LogP contribution in [0.25, 0.3) is 0 Å². The molecule has 0 radical (unpaired) electrons. The zero-order valence-corrected chi connectivity index (χ0v) is 8.79. The molecule has 0 aromatic heterocycles. The minimum absolute atomic E-state index is 0.158. The summed E-state index contributed by atoms with van der Waals surface area (Å²) in [5.41, 5.74) is 0. The highest BCUT2D eigenvalue weighted by atomic mass is 15.2. The molecule has 0 saturated carbocycles. The molecule has 74 valence electrons. The maximum absolute atomic E-state index is 9.00. The third kappa shape index (κ3) is 2.45. The monoisotopic (exact) mass is 180 g/mol. The van der Waals surface area contributed by atoms with Crippen LogP contribution in [0.2, 0.25) is 0 Å². The molecule has 13 heavy (non-hydrogen) atoms. The van der Waals surface area contributed by atoms with Gasteiger partial charge in [-0.1, -0.05) is 20.3 Å². The third-order valence-corrected chi connectivity index (χ3v) is 3.08. The fraction of sp³-hybridized carbons (Fsp3) is 0.909. The maximum atomic E-state index is 9.00. The van der Waals surface area contributed by atoms with E-state index in [0.29, 0.717) is 6.04 Å². The molecular formula is C11H20N2. The summed E-state index contributed by atoms with van der Waals surface area (Å²) in [5.74, 6) is 0. The first-order valence-corrected chi connectivity index (χ1v) is 5.48. The molecule has 0 aromatic rings. The van der Waals surface area contributed by atoms with E-state index in [1.165, 1.54) is 25.7 Å². The summed E-state index contributed by atoms with van der Waals surface area (Å²) in [6.07, 6.45) is 6.06. The van der Waals surface area contributed by atoms with Gasteiger partial charge in [0.2, 0.25) is 0 Å². The van der Waals surface area contributed by atoms with Gasteiger partial charge in [-0.15, -0.1) is 0 Å². The van der Waals surface area contributed by atoms with Crippen molar-refractivity contribution in [2.45, 2.75) is 58.0 Å². The number of nitriles is 1. The van der Waals surface area contributed by atoms with Gasteiger partial charge in [0.1, 0.15) is 0 Å². The van der Waals surface area contributed by atoms with E-state index in [4.69, 9.17) is 5.26 Å². The Morgan fingerprint density at radius 3 is 2.77 bits per heavy atom. The molecule has 1 aliphatic heterocycles. The Balaban J connectivity index is 2.58. The number of likely N-dealkylation sites (tertiary alicyclic amines) is 1. The Bertz CT molecular complexity index is 183. The van der Waals surface area contributed by atoms with E-state index >= 15 is 0 Å². The zero-order chi connectivity index (χ0) is 9.68. The largest absolute Gasteiger partial charge is 0.285 e. The van der Waals surface area contributed by atoms with Crippen molar-refractivity contribution < 1.29 is 0 Å². The molecule has 2 nitrogen and oxygen atoms in total. The molecule has 1 fully saturated rings. The standard InChI is InChI=1S/C11H20N2/c1-3-10-7-5-6-8-13(10)11(4-2)9-12/h10-11H,3-8H2,1-2H3. The van der Waals surface area contributed by atoms with Gasteiger partial charge in [0, 0.05) is 6.04 Å². The van der Waals surface area contributed by atoms with Crippen molar-refractivity contribution in [1.82, 2.24) is 4.90 Å². The summed E-state index contributed by atoms with van der Waals surface area (Å²) in [4.78, 5) is 2.41. The molecule has 1 rings (SSSR count). The summed E-state index contributed by atoms with van der Waals surface area (Å²) in [6, 6.07) is 3.23. The van der Waals surface area contributed by atoms with Crippen LogP contribution in [0.3, 0.4) is 0 Å². The fourth-order valence-electron chi connectivity index (χ4n) is 2.27. The van der Waals surface area contributed by atoms with E-state index in [2.05, 4.69) is 24.8 Å². The molecule has 2 heteroatoms. The highest BCUT2D eigenvalue weighted by Gasteiger charge is 2.26. The average molecular weight is 180 g/mol. The van der Waals surface area contributed by atoms with Crippen LogP contribution in [0.5, 0.6) is 0 Å². The van der Waals surface area contributed by atoms with Gasteiger partial charge in [-0.3, -0.25) is 4.90 Å². The quantitative estimate of drug-likeness (QED) is 0.667. The van der Waals surface area contributed by atoms with E-state index in [1.54, 1.807) is 0 Å². The molecule has 0 amide bonds. The van der Waals surface area contributed by atoms with Gasteiger partial charge in [0.05, 0.1) is 12.1 Å². The van der Waals surface area contributed by atoms with Crippen molar-refractivity contribution in [2.75, 3.05) is 6.54 Å². The predicted octanol–water partition coefficient (Wildman–Crippen LogP) is 2.55. The van der Waals surface area contributed by atoms with E-state index in [-0.39, 0.29) is 6.04 Å². The molecule has 1 saturated heterocycles. The lowest BCUT2D eigenvalue weighted by molar-refractivity contribution is 0.114. The normalized spacial score (nSPS) is 26.7. The Labute approximate surface area is 81.5 Å². The average Bonchev–Trinajstić information content (AvgIpc) is 2.20. The summed E-state index contributed by atoms with van der Waals surface area (Å²) >= 11 is 0. The number of hydrogen-bond acceptors (Lipinski definition) is 2. The van der Waals surface area contributed by atoms with Crippen LogP contribution < -0.4 is 0 Å². The highest BCUT2D eigenvalue weighted by Crippen LogP contribution is 2.22. The second-order valence-corrected chi connectivity index (χ2v) is 3.85. The van der Waals surface area contributed by atoms with Crippen LogP contribution in [-0.2, 0) is 0 Å². The molecule has 1 heterocycles. The van der Waals surface area contributed by atoms with Crippen LogP contribution in [0.1, 0.15) is 46.0 Å². The summed E-state index contributed by atoms with van der Waals surface area (Å²) in [6.45, 7) is 5.47. The van der Waals surface area contributed by atoms with Crippen molar-refractivity contribution in [2.24, 2.45) is 0 Å². The fourth-order valence-corrected chi connectivity index (χ4v) is 2.27. The lowest BCUT2D eigenvalue weighted by atomic mass is 9.97. The molecule has 0 spiro atoms. The van der Waals surface area contributed by atoms with Crippen molar-refractivity contribution >= 4 is 0 Å². The topological polar surface area (TPSA) is 27.0 Å². The van der Waals surface area contributed by atoms with Crippen molar-refractivity contribution in [3.05, 3.63) is 0 Å².